The fraction of sp³-hybridized carbons (Fsp3) is 0.296. The number of hydrogen-bond donors (Lipinski definition) is 0. The molecule has 0 saturated carbocycles. The van der Waals surface area contributed by atoms with E-state index >= 15 is 4.39 Å². The van der Waals surface area contributed by atoms with Crippen molar-refractivity contribution >= 4 is 0 Å². The quantitative estimate of drug-likeness (QED) is 0.293. The largest absolute Gasteiger partial charge is 0.207 e. The molecule has 1 nitrogen and oxygen atoms in total. The van der Waals surface area contributed by atoms with Gasteiger partial charge in [-0.15, -0.1) is 0 Å². The lowest BCUT2D eigenvalue weighted by Gasteiger charge is -2.10. The van der Waals surface area contributed by atoms with E-state index in [9.17, 15) is 4.39 Å². The fourth-order valence-electron chi connectivity index (χ4n) is 4.36. The van der Waals surface area contributed by atoms with Crippen molar-refractivity contribution in [2.24, 2.45) is 0 Å². The van der Waals surface area contributed by atoms with Gasteiger partial charge < -0.3 is 0 Å². The highest BCUT2D eigenvalue weighted by Crippen LogP contribution is 2.41. The second-order valence-corrected chi connectivity index (χ2v) is 8.08. The van der Waals surface area contributed by atoms with Gasteiger partial charge in [0.1, 0.15) is 11.6 Å². The standard InChI is InChI=1S/C27H25F2N/c1-2-3-4-5-6-7-23-26(28)16-24-22-13-12-20(14-21(22)15-25(24)27(23)29)19-10-8-18(17-30)9-11-19/h8-14,16H,2-7,15H2,1H3. The highest BCUT2D eigenvalue weighted by atomic mass is 19.1. The summed E-state index contributed by atoms with van der Waals surface area (Å²) in [6.45, 7) is 2.16. The molecule has 0 spiro atoms. The zero-order valence-electron chi connectivity index (χ0n) is 17.3. The molecule has 0 bridgehead atoms. The van der Waals surface area contributed by atoms with Gasteiger partial charge in [0.05, 0.1) is 11.6 Å². The van der Waals surface area contributed by atoms with Gasteiger partial charge in [0.15, 0.2) is 0 Å². The molecule has 0 aromatic heterocycles. The van der Waals surface area contributed by atoms with Crippen molar-refractivity contribution in [1.29, 1.82) is 5.26 Å². The van der Waals surface area contributed by atoms with Gasteiger partial charge in [0, 0.05) is 17.5 Å². The van der Waals surface area contributed by atoms with Crippen LogP contribution in [0.4, 0.5) is 8.78 Å². The molecule has 3 aromatic carbocycles. The summed E-state index contributed by atoms with van der Waals surface area (Å²) in [6, 6.07) is 17.0. The first-order chi connectivity index (χ1) is 14.6. The van der Waals surface area contributed by atoms with Crippen LogP contribution in [0.3, 0.4) is 0 Å². The minimum absolute atomic E-state index is 0.241. The van der Waals surface area contributed by atoms with E-state index in [1.807, 2.05) is 24.3 Å². The van der Waals surface area contributed by atoms with Crippen LogP contribution < -0.4 is 0 Å². The molecule has 1 aliphatic rings. The number of rotatable bonds is 7. The lowest BCUT2D eigenvalue weighted by molar-refractivity contribution is 0.536. The Kier molecular flexibility index (Phi) is 5.95. The molecule has 30 heavy (non-hydrogen) atoms. The third kappa shape index (κ3) is 3.87. The molecule has 3 aromatic rings. The van der Waals surface area contributed by atoms with E-state index in [1.54, 1.807) is 12.1 Å². The molecule has 0 fully saturated rings. The third-order valence-corrected chi connectivity index (χ3v) is 6.05. The number of nitriles is 1. The fourth-order valence-corrected chi connectivity index (χ4v) is 4.36. The Morgan fingerprint density at radius 1 is 0.867 bits per heavy atom. The maximum Gasteiger partial charge on any atom is 0.133 e. The summed E-state index contributed by atoms with van der Waals surface area (Å²) in [5.41, 5.74) is 6.11. The number of hydrogen-bond acceptors (Lipinski definition) is 1. The van der Waals surface area contributed by atoms with Crippen molar-refractivity contribution in [3.63, 3.8) is 0 Å². The summed E-state index contributed by atoms with van der Waals surface area (Å²) >= 11 is 0. The number of unbranched alkanes of at least 4 members (excludes halogenated alkanes) is 4. The molecule has 3 heteroatoms. The van der Waals surface area contributed by atoms with Gasteiger partial charge in [0.2, 0.25) is 0 Å². The first-order valence-electron chi connectivity index (χ1n) is 10.8. The molecule has 0 heterocycles. The van der Waals surface area contributed by atoms with E-state index < -0.39 is 5.82 Å². The van der Waals surface area contributed by atoms with Gasteiger partial charge in [-0.1, -0.05) is 62.9 Å². The third-order valence-electron chi connectivity index (χ3n) is 6.05. The first-order valence-corrected chi connectivity index (χ1v) is 10.8. The number of halogens is 2. The summed E-state index contributed by atoms with van der Waals surface area (Å²) in [5.74, 6) is -0.789. The average molecular weight is 402 g/mol. The molecule has 0 aliphatic heterocycles. The van der Waals surface area contributed by atoms with Crippen molar-refractivity contribution in [1.82, 2.24) is 0 Å². The lowest BCUT2D eigenvalue weighted by atomic mass is 9.97. The molecule has 4 rings (SSSR count). The van der Waals surface area contributed by atoms with Crippen molar-refractivity contribution in [3.8, 4) is 28.3 Å². The van der Waals surface area contributed by atoms with E-state index in [0.717, 1.165) is 47.9 Å². The Balaban J connectivity index is 1.59. The Morgan fingerprint density at radius 3 is 2.33 bits per heavy atom. The first kappa shape index (κ1) is 20.3. The number of benzene rings is 3. The zero-order chi connectivity index (χ0) is 21.1. The summed E-state index contributed by atoms with van der Waals surface area (Å²) in [4.78, 5) is 0. The van der Waals surface area contributed by atoms with Gasteiger partial charge in [0.25, 0.3) is 0 Å². The molecule has 0 amide bonds. The molecule has 152 valence electrons. The molecule has 0 N–H and O–H groups in total. The molecule has 0 radical (unpaired) electrons. The van der Waals surface area contributed by atoms with E-state index in [4.69, 9.17) is 5.26 Å². The molecule has 0 saturated heterocycles. The molecular weight excluding hydrogens is 376 g/mol. The maximum absolute atomic E-state index is 15.2. The van der Waals surface area contributed by atoms with Crippen LogP contribution >= 0.6 is 0 Å². The van der Waals surface area contributed by atoms with Gasteiger partial charge in [-0.3, -0.25) is 0 Å². The lowest BCUT2D eigenvalue weighted by Crippen LogP contribution is -2.01. The topological polar surface area (TPSA) is 23.8 Å². The highest BCUT2D eigenvalue weighted by molar-refractivity contribution is 5.81. The molecule has 0 unspecified atom stereocenters. The number of fused-ring (bicyclic) bond motifs is 3. The van der Waals surface area contributed by atoms with Crippen LogP contribution in [0.5, 0.6) is 0 Å². The Hall–Kier alpha value is -2.99. The predicted octanol–water partition coefficient (Wildman–Crippen LogP) is 7.59. The molecule has 1 aliphatic carbocycles. The SMILES string of the molecule is CCCCCCCc1c(F)cc2c(c1F)Cc1cc(-c3ccc(C#N)cc3)ccc1-2. The number of nitrogens with zero attached hydrogens (tertiary/aromatic N) is 1. The average Bonchev–Trinajstić information content (AvgIpc) is 3.13. The van der Waals surface area contributed by atoms with Crippen LogP contribution in [-0.2, 0) is 12.8 Å². The van der Waals surface area contributed by atoms with E-state index in [-0.39, 0.29) is 11.4 Å². The van der Waals surface area contributed by atoms with Gasteiger partial charge in [-0.2, -0.15) is 5.26 Å². The van der Waals surface area contributed by atoms with Crippen molar-refractivity contribution < 1.29 is 8.78 Å². The van der Waals surface area contributed by atoms with Crippen LogP contribution in [-0.4, -0.2) is 0 Å². The van der Waals surface area contributed by atoms with E-state index in [2.05, 4.69) is 19.1 Å². The highest BCUT2D eigenvalue weighted by Gasteiger charge is 2.26. The van der Waals surface area contributed by atoms with Crippen LogP contribution in [0.2, 0.25) is 0 Å². The van der Waals surface area contributed by atoms with Crippen molar-refractivity contribution in [2.45, 2.75) is 51.9 Å². The second-order valence-electron chi connectivity index (χ2n) is 8.08. The van der Waals surface area contributed by atoms with Crippen LogP contribution in [0.15, 0.2) is 48.5 Å². The zero-order valence-corrected chi connectivity index (χ0v) is 17.3. The Morgan fingerprint density at radius 2 is 1.60 bits per heavy atom. The monoisotopic (exact) mass is 401 g/mol. The summed E-state index contributed by atoms with van der Waals surface area (Å²) in [7, 11) is 0. The summed E-state index contributed by atoms with van der Waals surface area (Å²) < 4.78 is 29.9. The summed E-state index contributed by atoms with van der Waals surface area (Å²) in [6.07, 6.45) is 6.23. The predicted molar refractivity (Wildman–Crippen MR) is 117 cm³/mol. The van der Waals surface area contributed by atoms with Crippen LogP contribution in [0, 0.1) is 23.0 Å². The molecule has 0 atom stereocenters. The van der Waals surface area contributed by atoms with Crippen molar-refractivity contribution in [2.75, 3.05) is 0 Å². The van der Waals surface area contributed by atoms with Crippen LogP contribution in [0.25, 0.3) is 22.3 Å². The summed E-state index contributed by atoms with van der Waals surface area (Å²) in [5, 5.41) is 8.97. The van der Waals surface area contributed by atoms with Crippen LogP contribution in [0.1, 0.15) is 61.3 Å². The van der Waals surface area contributed by atoms with Gasteiger partial charge >= 0.3 is 0 Å². The maximum atomic E-state index is 15.2. The van der Waals surface area contributed by atoms with E-state index in [0.29, 0.717) is 29.5 Å². The van der Waals surface area contributed by atoms with Gasteiger partial charge in [-0.05, 0) is 58.9 Å². The minimum atomic E-state index is -0.425. The molecular formula is C27H25F2N. The van der Waals surface area contributed by atoms with Crippen molar-refractivity contribution in [3.05, 3.63) is 82.4 Å². The normalized spacial score (nSPS) is 11.8. The minimum Gasteiger partial charge on any atom is -0.207 e. The Bertz CT molecular complexity index is 1110. The smallest absolute Gasteiger partial charge is 0.133 e. The Labute approximate surface area is 177 Å². The van der Waals surface area contributed by atoms with Gasteiger partial charge in [-0.25, -0.2) is 8.78 Å². The second kappa shape index (κ2) is 8.79. The van der Waals surface area contributed by atoms with E-state index in [1.165, 1.54) is 12.5 Å².